The van der Waals surface area contributed by atoms with Crippen LogP contribution in [-0.2, 0) is 10.0 Å². The minimum absolute atomic E-state index is 0.0974. The molecule has 3 rings (SSSR count). The monoisotopic (exact) mass is 393 g/mol. The number of nitrogens with zero attached hydrogens (tertiary/aromatic N) is 2. The number of carbonyl (C=O) groups is 1. The average molecular weight is 394 g/mol. The van der Waals surface area contributed by atoms with Gasteiger partial charge in [0, 0.05) is 24.8 Å². The lowest BCUT2D eigenvalue weighted by Crippen LogP contribution is -2.48. The Morgan fingerprint density at radius 1 is 0.889 bits per heavy atom. The van der Waals surface area contributed by atoms with E-state index in [1.54, 1.807) is 12.1 Å². The average Bonchev–Trinajstić information content (AvgIpc) is 2.64. The molecule has 0 bridgehead atoms. The molecular weight excluding hydrogens is 364 g/mol. The molecule has 6 nitrogen and oxygen atoms in total. The summed E-state index contributed by atoms with van der Waals surface area (Å²) in [5.41, 5.74) is 0.498. The summed E-state index contributed by atoms with van der Waals surface area (Å²) >= 11 is 0. The van der Waals surface area contributed by atoms with E-state index < -0.39 is 16.1 Å². The van der Waals surface area contributed by atoms with Gasteiger partial charge in [0.1, 0.15) is 6.09 Å². The zero-order chi connectivity index (χ0) is 19.3. The van der Waals surface area contributed by atoms with Crippen molar-refractivity contribution in [3.05, 3.63) is 24.3 Å². The first-order valence-electron chi connectivity index (χ1n) is 10.1. The summed E-state index contributed by atoms with van der Waals surface area (Å²) in [4.78, 5) is 13.4. The lowest BCUT2D eigenvalue weighted by Gasteiger charge is -2.35. The highest BCUT2D eigenvalue weighted by Gasteiger charge is 2.27. The van der Waals surface area contributed by atoms with Gasteiger partial charge in [0.15, 0.2) is 0 Å². The Balaban J connectivity index is 1.80. The lowest BCUT2D eigenvalue weighted by atomic mass is 9.95. The van der Waals surface area contributed by atoms with Crippen LogP contribution < -0.4 is 10.0 Å². The van der Waals surface area contributed by atoms with Crippen LogP contribution in [0.2, 0.25) is 0 Å². The van der Waals surface area contributed by atoms with Gasteiger partial charge in [-0.3, -0.25) is 0 Å². The minimum atomic E-state index is -3.51. The zero-order valence-corrected chi connectivity index (χ0v) is 16.6. The second-order valence-electron chi connectivity index (χ2n) is 7.59. The molecule has 1 saturated carbocycles. The lowest BCUT2D eigenvalue weighted by molar-refractivity contribution is -0.247. The number of hydrogen-bond acceptors (Lipinski definition) is 4. The third-order valence-electron chi connectivity index (χ3n) is 5.70. The van der Waals surface area contributed by atoms with Gasteiger partial charge in [-0.2, -0.15) is 4.31 Å². The Morgan fingerprint density at radius 3 is 1.96 bits per heavy atom. The van der Waals surface area contributed by atoms with Gasteiger partial charge in [-0.25, -0.2) is 8.42 Å². The van der Waals surface area contributed by atoms with Crippen molar-refractivity contribution in [2.75, 3.05) is 18.0 Å². The molecule has 0 atom stereocenters. The van der Waals surface area contributed by atoms with E-state index in [1.165, 1.54) is 27.8 Å². The maximum atomic E-state index is 12.8. The van der Waals surface area contributed by atoms with E-state index in [0.29, 0.717) is 18.8 Å². The van der Waals surface area contributed by atoms with Crippen LogP contribution in [0.3, 0.4) is 0 Å². The summed E-state index contributed by atoms with van der Waals surface area (Å²) in [6, 6.07) is 6.16. The number of rotatable bonds is 4. The highest BCUT2D eigenvalue weighted by molar-refractivity contribution is 7.89. The minimum Gasteiger partial charge on any atom is -0.530 e. The van der Waals surface area contributed by atoms with E-state index in [2.05, 4.69) is 0 Å². The molecule has 1 saturated heterocycles. The molecule has 150 valence electrons. The van der Waals surface area contributed by atoms with Crippen LogP contribution >= 0.6 is 0 Å². The molecule has 1 aliphatic heterocycles. The SMILES string of the molecule is O=C([O-])N(c1ccc(S(=O)(=O)N2CCCCC2)cc1)C1CCCCCCC1. The number of hydrogen-bond donors (Lipinski definition) is 0. The number of piperidine rings is 1. The number of carboxylic acid groups (broad SMARTS) is 1. The Labute approximate surface area is 162 Å². The van der Waals surface area contributed by atoms with E-state index in [9.17, 15) is 18.3 Å². The fourth-order valence-electron chi connectivity index (χ4n) is 4.19. The third kappa shape index (κ3) is 4.82. The summed E-state index contributed by atoms with van der Waals surface area (Å²) in [7, 11) is -3.51. The molecule has 0 radical (unpaired) electrons. The molecule has 1 amide bonds. The van der Waals surface area contributed by atoms with Crippen molar-refractivity contribution in [2.24, 2.45) is 0 Å². The molecule has 1 aromatic rings. The van der Waals surface area contributed by atoms with E-state index in [1.807, 2.05) is 0 Å². The Kier molecular flexibility index (Phi) is 6.76. The second kappa shape index (κ2) is 9.06. The predicted molar refractivity (Wildman–Crippen MR) is 103 cm³/mol. The van der Waals surface area contributed by atoms with Crippen molar-refractivity contribution in [1.82, 2.24) is 4.31 Å². The van der Waals surface area contributed by atoms with Crippen LogP contribution in [0.15, 0.2) is 29.2 Å². The molecule has 2 fully saturated rings. The number of sulfonamides is 1. The Morgan fingerprint density at radius 2 is 1.41 bits per heavy atom. The van der Waals surface area contributed by atoms with E-state index in [0.717, 1.165) is 57.8 Å². The number of amides is 1. The molecule has 0 unspecified atom stereocenters. The van der Waals surface area contributed by atoms with Gasteiger partial charge in [0.2, 0.25) is 10.0 Å². The van der Waals surface area contributed by atoms with Crippen molar-refractivity contribution in [1.29, 1.82) is 0 Å². The molecule has 0 N–H and O–H groups in total. The van der Waals surface area contributed by atoms with Crippen molar-refractivity contribution >= 4 is 21.8 Å². The first-order valence-corrected chi connectivity index (χ1v) is 11.5. The standard InChI is InChI=1S/C20H30N2O4S/c23-20(24)22(17-9-5-2-1-3-6-10-17)18-11-13-19(14-12-18)27(25,26)21-15-7-4-8-16-21/h11-14,17H,1-10,15-16H2,(H,23,24)/p-1. The quantitative estimate of drug-likeness (QED) is 0.787. The maximum absolute atomic E-state index is 12.8. The summed E-state index contributed by atoms with van der Waals surface area (Å²) in [5, 5.41) is 11.8. The van der Waals surface area contributed by atoms with Gasteiger partial charge in [-0.1, -0.05) is 38.5 Å². The van der Waals surface area contributed by atoms with E-state index >= 15 is 0 Å². The van der Waals surface area contributed by atoms with Gasteiger partial charge in [0.05, 0.1) is 4.90 Å². The highest BCUT2D eigenvalue weighted by atomic mass is 32.2. The van der Waals surface area contributed by atoms with Crippen LogP contribution in [-0.4, -0.2) is 37.9 Å². The molecule has 1 aliphatic carbocycles. The fourth-order valence-corrected chi connectivity index (χ4v) is 5.71. The highest BCUT2D eigenvalue weighted by Crippen LogP contribution is 2.28. The van der Waals surface area contributed by atoms with Gasteiger partial charge in [-0.05, 0) is 49.9 Å². The zero-order valence-electron chi connectivity index (χ0n) is 15.8. The fraction of sp³-hybridized carbons (Fsp3) is 0.650. The van der Waals surface area contributed by atoms with Crippen molar-refractivity contribution in [3.8, 4) is 0 Å². The summed E-state index contributed by atoms with van der Waals surface area (Å²) in [6.45, 7) is 1.11. The van der Waals surface area contributed by atoms with Crippen LogP contribution in [0, 0.1) is 0 Å². The molecule has 1 heterocycles. The van der Waals surface area contributed by atoms with Crippen molar-refractivity contribution in [3.63, 3.8) is 0 Å². The van der Waals surface area contributed by atoms with Crippen molar-refractivity contribution < 1.29 is 18.3 Å². The van der Waals surface area contributed by atoms with Gasteiger partial charge >= 0.3 is 0 Å². The molecule has 7 heteroatoms. The normalized spacial score (nSPS) is 20.6. The predicted octanol–water partition coefficient (Wildman–Crippen LogP) is 3.12. The first-order chi connectivity index (χ1) is 13.0. The van der Waals surface area contributed by atoms with Gasteiger partial charge in [-0.15, -0.1) is 0 Å². The molecule has 0 spiro atoms. The Hall–Kier alpha value is -1.60. The molecule has 2 aliphatic rings. The smallest absolute Gasteiger partial charge is 0.243 e. The summed E-state index contributed by atoms with van der Waals surface area (Å²) < 4.78 is 27.1. The van der Waals surface area contributed by atoms with E-state index in [-0.39, 0.29) is 10.9 Å². The number of carbonyl (C=O) groups excluding carboxylic acids is 1. The molecule has 0 aromatic heterocycles. The molecule has 27 heavy (non-hydrogen) atoms. The van der Waals surface area contributed by atoms with E-state index in [4.69, 9.17) is 0 Å². The number of benzene rings is 1. The summed E-state index contributed by atoms with van der Waals surface area (Å²) in [5.74, 6) is 0. The topological polar surface area (TPSA) is 80.7 Å². The van der Waals surface area contributed by atoms with Crippen LogP contribution in [0.4, 0.5) is 10.5 Å². The Bertz CT molecular complexity index is 719. The van der Waals surface area contributed by atoms with Gasteiger partial charge < -0.3 is 14.8 Å². The number of anilines is 1. The van der Waals surface area contributed by atoms with Crippen LogP contribution in [0.5, 0.6) is 0 Å². The van der Waals surface area contributed by atoms with Crippen LogP contribution in [0.1, 0.15) is 64.2 Å². The molecular formula is C20H29N2O4S-. The second-order valence-corrected chi connectivity index (χ2v) is 9.53. The molecule has 1 aromatic carbocycles. The first kappa shape index (κ1) is 20.1. The summed E-state index contributed by atoms with van der Waals surface area (Å²) in [6.07, 6.45) is 8.75. The largest absolute Gasteiger partial charge is 0.530 e. The van der Waals surface area contributed by atoms with Crippen molar-refractivity contribution in [2.45, 2.75) is 75.1 Å². The van der Waals surface area contributed by atoms with Gasteiger partial charge in [0.25, 0.3) is 0 Å². The van der Waals surface area contributed by atoms with Crippen LogP contribution in [0.25, 0.3) is 0 Å². The third-order valence-corrected chi connectivity index (χ3v) is 7.62. The maximum Gasteiger partial charge on any atom is 0.243 e.